The maximum Gasteiger partial charge on any atom is 0.338 e. The molecule has 0 aliphatic heterocycles. The van der Waals surface area contributed by atoms with Crippen LogP contribution in [-0.2, 0) is 19.6 Å². The van der Waals surface area contributed by atoms with Gasteiger partial charge < -0.3 is 14.8 Å². The number of methoxy groups -OCH3 is 1. The average Bonchev–Trinajstić information content (AvgIpc) is 2.69. The third-order valence-electron chi connectivity index (χ3n) is 4.00. The Labute approximate surface area is 172 Å². The van der Waals surface area contributed by atoms with Crippen molar-refractivity contribution >= 4 is 27.6 Å². The minimum Gasteiger partial charge on any atom is -0.495 e. The van der Waals surface area contributed by atoms with Gasteiger partial charge in [0, 0.05) is 20.2 Å². The van der Waals surface area contributed by atoms with E-state index in [0.29, 0.717) is 6.07 Å². The number of anilines is 1. The van der Waals surface area contributed by atoms with Gasteiger partial charge in [0.15, 0.2) is 6.10 Å². The first-order chi connectivity index (χ1) is 14.0. The van der Waals surface area contributed by atoms with E-state index < -0.39 is 39.6 Å². The fraction of sp³-hybridized carbons (Fsp3) is 0.263. The summed E-state index contributed by atoms with van der Waals surface area (Å²) in [5, 5.41) is 2.18. The van der Waals surface area contributed by atoms with Crippen molar-refractivity contribution in [3.63, 3.8) is 0 Å². The molecule has 2 aromatic rings. The summed E-state index contributed by atoms with van der Waals surface area (Å²) >= 11 is 0. The monoisotopic (exact) mass is 442 g/mol. The summed E-state index contributed by atoms with van der Waals surface area (Å²) < 4.78 is 62.5. The lowest BCUT2D eigenvalue weighted by Gasteiger charge is -2.17. The second-order valence-corrected chi connectivity index (χ2v) is 8.43. The quantitative estimate of drug-likeness (QED) is 0.661. The van der Waals surface area contributed by atoms with Gasteiger partial charge in [0.1, 0.15) is 22.3 Å². The SMILES string of the molecule is COc1ccc(C(=O)OC(C)C(=O)Nc2ccc(F)cc2F)cc1S(=O)(=O)N(C)C. The molecule has 2 aromatic carbocycles. The largest absolute Gasteiger partial charge is 0.495 e. The minimum absolute atomic E-state index is 0.0258. The number of carbonyl (C=O) groups is 2. The molecule has 8 nitrogen and oxygen atoms in total. The number of nitrogens with zero attached hydrogens (tertiary/aromatic N) is 1. The molecule has 0 aliphatic carbocycles. The molecule has 0 aromatic heterocycles. The Balaban J connectivity index is 2.19. The normalized spacial score (nSPS) is 12.4. The van der Waals surface area contributed by atoms with Crippen LogP contribution in [0.5, 0.6) is 5.75 Å². The van der Waals surface area contributed by atoms with Gasteiger partial charge in [-0.15, -0.1) is 0 Å². The maximum atomic E-state index is 13.7. The number of sulfonamides is 1. The molecule has 1 amide bonds. The molecule has 0 spiro atoms. The third kappa shape index (κ3) is 5.10. The van der Waals surface area contributed by atoms with Crippen molar-refractivity contribution in [2.45, 2.75) is 17.9 Å². The van der Waals surface area contributed by atoms with Crippen LogP contribution in [-0.4, -0.2) is 51.9 Å². The lowest BCUT2D eigenvalue weighted by Crippen LogP contribution is -2.30. The van der Waals surface area contributed by atoms with Gasteiger partial charge in [-0.05, 0) is 37.3 Å². The van der Waals surface area contributed by atoms with Crippen molar-refractivity contribution in [2.75, 3.05) is 26.5 Å². The Morgan fingerprint density at radius 3 is 2.33 bits per heavy atom. The molecule has 0 fully saturated rings. The van der Waals surface area contributed by atoms with Crippen LogP contribution >= 0.6 is 0 Å². The number of hydrogen-bond acceptors (Lipinski definition) is 6. The van der Waals surface area contributed by atoms with E-state index in [2.05, 4.69) is 5.32 Å². The highest BCUT2D eigenvalue weighted by molar-refractivity contribution is 7.89. The third-order valence-corrected chi connectivity index (χ3v) is 5.84. The van der Waals surface area contributed by atoms with Gasteiger partial charge >= 0.3 is 5.97 Å². The zero-order chi connectivity index (χ0) is 22.6. The molecule has 0 radical (unpaired) electrons. The molecule has 1 atom stereocenters. The van der Waals surface area contributed by atoms with Crippen LogP contribution in [0.2, 0.25) is 0 Å². The molecule has 2 rings (SSSR count). The summed E-state index contributed by atoms with van der Waals surface area (Å²) in [4.78, 5) is 24.3. The minimum atomic E-state index is -3.92. The number of benzene rings is 2. The Kier molecular flexibility index (Phi) is 7.11. The number of nitrogens with one attached hydrogen (secondary N) is 1. The smallest absolute Gasteiger partial charge is 0.338 e. The van der Waals surface area contributed by atoms with Crippen molar-refractivity contribution in [2.24, 2.45) is 0 Å². The summed E-state index contributed by atoms with van der Waals surface area (Å²) in [5.74, 6) is -3.61. The van der Waals surface area contributed by atoms with Crippen LogP contribution in [0.3, 0.4) is 0 Å². The van der Waals surface area contributed by atoms with E-state index in [1.807, 2.05) is 0 Å². The number of hydrogen-bond donors (Lipinski definition) is 1. The zero-order valence-corrected chi connectivity index (χ0v) is 17.4. The highest BCUT2D eigenvalue weighted by Crippen LogP contribution is 2.27. The van der Waals surface area contributed by atoms with Crippen LogP contribution in [0.25, 0.3) is 0 Å². The van der Waals surface area contributed by atoms with Gasteiger partial charge in [0.25, 0.3) is 5.91 Å². The molecule has 0 saturated heterocycles. The number of amides is 1. The lowest BCUT2D eigenvalue weighted by atomic mass is 10.2. The highest BCUT2D eigenvalue weighted by Gasteiger charge is 2.26. The maximum absolute atomic E-state index is 13.7. The molecule has 0 bridgehead atoms. The van der Waals surface area contributed by atoms with Gasteiger partial charge in [-0.2, -0.15) is 0 Å². The fourth-order valence-electron chi connectivity index (χ4n) is 2.31. The number of halogens is 2. The van der Waals surface area contributed by atoms with E-state index in [1.54, 1.807) is 0 Å². The second kappa shape index (κ2) is 9.18. The van der Waals surface area contributed by atoms with Crippen LogP contribution in [0.1, 0.15) is 17.3 Å². The summed E-state index contributed by atoms with van der Waals surface area (Å²) in [5.41, 5.74) is -0.419. The Bertz CT molecular complexity index is 1070. The van der Waals surface area contributed by atoms with E-state index in [9.17, 15) is 26.8 Å². The van der Waals surface area contributed by atoms with Crippen molar-refractivity contribution in [1.29, 1.82) is 0 Å². The van der Waals surface area contributed by atoms with Gasteiger partial charge in [-0.3, -0.25) is 4.79 Å². The lowest BCUT2D eigenvalue weighted by molar-refractivity contribution is -0.123. The molecule has 1 N–H and O–H groups in total. The van der Waals surface area contributed by atoms with E-state index >= 15 is 0 Å². The zero-order valence-electron chi connectivity index (χ0n) is 16.6. The molecule has 11 heteroatoms. The fourth-order valence-corrected chi connectivity index (χ4v) is 3.38. The molecule has 0 aliphatic rings. The van der Waals surface area contributed by atoms with Gasteiger partial charge in [-0.1, -0.05) is 0 Å². The van der Waals surface area contributed by atoms with Crippen molar-refractivity contribution in [1.82, 2.24) is 4.31 Å². The molecular weight excluding hydrogens is 422 g/mol. The van der Waals surface area contributed by atoms with Crippen molar-refractivity contribution < 1.29 is 36.3 Å². The topological polar surface area (TPSA) is 102 Å². The molecular formula is C19H20F2N2O6S. The Morgan fingerprint density at radius 1 is 1.10 bits per heavy atom. The van der Waals surface area contributed by atoms with E-state index in [0.717, 1.165) is 22.5 Å². The molecule has 0 saturated carbocycles. The number of carbonyl (C=O) groups excluding carboxylic acids is 2. The van der Waals surface area contributed by atoms with Gasteiger partial charge in [-0.25, -0.2) is 26.3 Å². The highest BCUT2D eigenvalue weighted by atomic mass is 32.2. The van der Waals surface area contributed by atoms with Gasteiger partial charge in [0.05, 0.1) is 18.4 Å². The molecule has 162 valence electrons. The predicted octanol–water partition coefficient (Wildman–Crippen LogP) is 2.41. The Morgan fingerprint density at radius 2 is 1.77 bits per heavy atom. The molecule has 0 heterocycles. The number of rotatable bonds is 7. The first kappa shape index (κ1) is 23.2. The molecule has 1 unspecified atom stereocenters. The second-order valence-electron chi connectivity index (χ2n) is 6.31. The van der Waals surface area contributed by atoms with Crippen LogP contribution < -0.4 is 10.1 Å². The first-order valence-electron chi connectivity index (χ1n) is 8.54. The predicted molar refractivity (Wildman–Crippen MR) is 104 cm³/mol. The molecule has 30 heavy (non-hydrogen) atoms. The summed E-state index contributed by atoms with van der Waals surface area (Å²) in [6, 6.07) is 6.21. The standard InChI is InChI=1S/C19H20F2N2O6S/c1-11(18(24)22-15-7-6-13(20)10-14(15)21)29-19(25)12-5-8-16(28-4)17(9-12)30(26,27)23(2)3/h5-11H,1-4H3,(H,22,24). The number of ether oxygens (including phenoxy) is 2. The number of esters is 1. The van der Waals surface area contributed by atoms with Crippen molar-refractivity contribution in [3.8, 4) is 5.75 Å². The Hall–Kier alpha value is -3.05. The van der Waals surface area contributed by atoms with Gasteiger partial charge in [0.2, 0.25) is 10.0 Å². The summed E-state index contributed by atoms with van der Waals surface area (Å²) in [6.07, 6.45) is -1.35. The van der Waals surface area contributed by atoms with Crippen LogP contribution in [0.4, 0.5) is 14.5 Å². The summed E-state index contributed by atoms with van der Waals surface area (Å²) in [6.45, 7) is 1.25. The van der Waals surface area contributed by atoms with E-state index in [1.165, 1.54) is 40.3 Å². The first-order valence-corrected chi connectivity index (χ1v) is 9.99. The van der Waals surface area contributed by atoms with Crippen LogP contribution in [0.15, 0.2) is 41.3 Å². The van der Waals surface area contributed by atoms with E-state index in [4.69, 9.17) is 9.47 Å². The van der Waals surface area contributed by atoms with Crippen LogP contribution in [0, 0.1) is 11.6 Å². The average molecular weight is 442 g/mol. The van der Waals surface area contributed by atoms with E-state index in [-0.39, 0.29) is 21.9 Å². The van der Waals surface area contributed by atoms with Crippen molar-refractivity contribution in [3.05, 3.63) is 53.6 Å². The summed E-state index contributed by atoms with van der Waals surface area (Å²) in [7, 11) is 0.000658.